The van der Waals surface area contributed by atoms with Crippen molar-refractivity contribution in [1.29, 1.82) is 0 Å². The average molecular weight is 597 g/mol. The van der Waals surface area contributed by atoms with Gasteiger partial charge in [-0.15, -0.1) is 0 Å². The molecule has 0 unspecified atom stereocenters. The fourth-order valence-electron chi connectivity index (χ4n) is 4.32. The number of carbonyl (C=O) groups is 2. The first-order valence-corrected chi connectivity index (χ1v) is 13.9. The fraction of sp³-hybridized carbons (Fsp3) is 0.259. The molecule has 1 saturated carbocycles. The Kier molecular flexibility index (Phi) is 7.26. The monoisotopic (exact) mass is 596 g/mol. The number of nitrogens with one attached hydrogen (secondary N) is 1. The van der Waals surface area contributed by atoms with Gasteiger partial charge in [0.15, 0.2) is 0 Å². The molecule has 1 aliphatic carbocycles. The van der Waals surface area contributed by atoms with Crippen molar-refractivity contribution in [2.45, 2.75) is 30.0 Å². The van der Waals surface area contributed by atoms with E-state index >= 15 is 0 Å². The van der Waals surface area contributed by atoms with Gasteiger partial charge in [0.25, 0.3) is 15.9 Å². The average Bonchev–Trinajstić information content (AvgIpc) is 3.77. The number of benzene rings is 3. The van der Waals surface area contributed by atoms with Gasteiger partial charge in [-0.1, -0.05) is 35.9 Å². The Bertz CT molecular complexity index is 1610. The Morgan fingerprint density at radius 3 is 2.48 bits per heavy atom. The number of anilines is 1. The molecule has 0 spiro atoms. The minimum Gasteiger partial charge on any atom is -0.484 e. The molecule has 5 rings (SSSR count). The van der Waals surface area contributed by atoms with Crippen LogP contribution in [-0.4, -0.2) is 39.3 Å². The Hall–Kier alpha value is -3.64. The van der Waals surface area contributed by atoms with Crippen LogP contribution in [0.1, 0.15) is 18.4 Å². The molecule has 1 N–H and O–H groups in total. The second-order valence-electron chi connectivity index (χ2n) is 9.43. The number of fused-ring (bicyclic) bond motifs is 1. The second-order valence-corrected chi connectivity index (χ2v) is 11.7. The van der Waals surface area contributed by atoms with E-state index in [1.54, 1.807) is 0 Å². The van der Waals surface area contributed by atoms with Crippen LogP contribution in [0.25, 0.3) is 11.1 Å². The quantitative estimate of drug-likeness (QED) is 0.298. The molecule has 7 nitrogen and oxygen atoms in total. The number of nitrogens with zero attached hydrogens (tertiary/aromatic N) is 1. The van der Waals surface area contributed by atoms with E-state index in [0.29, 0.717) is 24.5 Å². The third-order valence-corrected chi connectivity index (χ3v) is 8.72. The molecule has 1 fully saturated rings. The lowest BCUT2D eigenvalue weighted by Crippen LogP contribution is -2.49. The number of rotatable bonds is 7. The first-order valence-electron chi connectivity index (χ1n) is 12.1. The van der Waals surface area contributed by atoms with Crippen LogP contribution in [0.2, 0.25) is 5.02 Å². The van der Waals surface area contributed by atoms with Crippen LogP contribution >= 0.6 is 11.6 Å². The zero-order valence-corrected chi connectivity index (χ0v) is 22.1. The third-order valence-electron chi connectivity index (χ3n) is 6.56. The highest BCUT2D eigenvalue weighted by Gasteiger charge is 2.38. The van der Waals surface area contributed by atoms with Gasteiger partial charge in [-0.05, 0) is 54.8 Å². The van der Waals surface area contributed by atoms with Crippen molar-refractivity contribution in [2.75, 3.05) is 17.4 Å². The zero-order chi connectivity index (χ0) is 28.8. The van der Waals surface area contributed by atoms with E-state index in [0.717, 1.165) is 28.6 Å². The van der Waals surface area contributed by atoms with E-state index in [1.165, 1.54) is 30.3 Å². The number of halogens is 5. The highest BCUT2D eigenvalue weighted by Crippen LogP contribution is 2.42. The highest BCUT2D eigenvalue weighted by atomic mass is 35.5. The van der Waals surface area contributed by atoms with Crippen molar-refractivity contribution >= 4 is 39.0 Å². The number of ketones is 1. The molecular weight excluding hydrogens is 576 g/mol. The molecule has 1 amide bonds. The summed E-state index contributed by atoms with van der Waals surface area (Å²) in [5.74, 6) is -2.36. The van der Waals surface area contributed by atoms with Crippen molar-refractivity contribution in [3.63, 3.8) is 0 Å². The Labute approximate surface area is 231 Å². The standard InChI is InChI=1S/C27H21ClF4N2O5S/c28-24-20(5-2-6-21(24)29)16-9-10-23-22(11-16)34(14-18(39-23)13-33-26(36)25(35)15-7-8-15)40(37,38)19-4-1-3-17(12-19)27(30,31)32/h1-6,9-12,15,18H,7-8,13-14H2,(H,33,36)/t18-/m0/s1. The van der Waals surface area contributed by atoms with E-state index in [9.17, 15) is 35.6 Å². The SMILES string of the molecule is O=C(NC[C@H]1CN(S(=O)(=O)c2cccc(C(F)(F)F)c2)c2cc(-c3cccc(F)c3Cl)ccc2O1)C(=O)C1CC1. The first-order chi connectivity index (χ1) is 18.9. The van der Waals surface area contributed by atoms with E-state index in [2.05, 4.69) is 5.32 Å². The van der Waals surface area contributed by atoms with Gasteiger partial charge in [0, 0.05) is 11.5 Å². The van der Waals surface area contributed by atoms with Crippen molar-refractivity contribution in [3.8, 4) is 16.9 Å². The molecular formula is C27H21ClF4N2O5S. The molecule has 40 heavy (non-hydrogen) atoms. The molecule has 0 aromatic heterocycles. The molecule has 1 atom stereocenters. The minimum absolute atomic E-state index is 0.0214. The Morgan fingerprint density at radius 1 is 1.05 bits per heavy atom. The van der Waals surface area contributed by atoms with E-state index in [4.69, 9.17) is 16.3 Å². The van der Waals surface area contributed by atoms with Gasteiger partial charge in [-0.2, -0.15) is 13.2 Å². The van der Waals surface area contributed by atoms with Crippen LogP contribution in [0.3, 0.4) is 0 Å². The number of Topliss-reactive ketones (excluding diaryl/α,β-unsaturated/α-hetero) is 1. The third kappa shape index (κ3) is 5.50. The summed E-state index contributed by atoms with van der Waals surface area (Å²) in [5, 5.41) is 2.25. The number of ether oxygens (including phenoxy) is 1. The molecule has 3 aromatic carbocycles. The van der Waals surface area contributed by atoms with Gasteiger partial charge in [0.2, 0.25) is 5.78 Å². The van der Waals surface area contributed by atoms with Gasteiger partial charge in [0.1, 0.15) is 17.7 Å². The maximum absolute atomic E-state index is 14.1. The lowest BCUT2D eigenvalue weighted by Gasteiger charge is -2.36. The zero-order valence-electron chi connectivity index (χ0n) is 20.5. The van der Waals surface area contributed by atoms with Crippen molar-refractivity contribution in [2.24, 2.45) is 5.92 Å². The predicted octanol–water partition coefficient (Wildman–Crippen LogP) is 5.22. The summed E-state index contributed by atoms with van der Waals surface area (Å²) in [7, 11) is -4.60. The molecule has 1 heterocycles. The summed E-state index contributed by atoms with van der Waals surface area (Å²) in [5.41, 5.74) is -0.580. The first kappa shape index (κ1) is 27.9. The maximum atomic E-state index is 14.1. The molecule has 3 aromatic rings. The van der Waals surface area contributed by atoms with Crippen LogP contribution in [0, 0.1) is 11.7 Å². The van der Waals surface area contributed by atoms with Crippen molar-refractivity contribution < 1.29 is 40.3 Å². The molecule has 210 valence electrons. The predicted molar refractivity (Wildman–Crippen MR) is 138 cm³/mol. The molecule has 13 heteroatoms. The van der Waals surface area contributed by atoms with Crippen LogP contribution in [0.15, 0.2) is 65.6 Å². The fourth-order valence-corrected chi connectivity index (χ4v) is 6.11. The van der Waals surface area contributed by atoms with Gasteiger partial charge >= 0.3 is 6.18 Å². The van der Waals surface area contributed by atoms with Crippen molar-refractivity contribution in [3.05, 3.63) is 77.1 Å². The summed E-state index contributed by atoms with van der Waals surface area (Å²) in [4.78, 5) is 23.6. The summed E-state index contributed by atoms with van der Waals surface area (Å²) < 4.78 is 88.5. The van der Waals surface area contributed by atoms with Gasteiger partial charge < -0.3 is 10.1 Å². The minimum atomic E-state index is -4.78. The lowest BCUT2D eigenvalue weighted by atomic mass is 10.0. The summed E-state index contributed by atoms with van der Waals surface area (Å²) in [6.07, 6.45) is -4.51. The van der Waals surface area contributed by atoms with Crippen LogP contribution in [0.5, 0.6) is 5.75 Å². The largest absolute Gasteiger partial charge is 0.484 e. The number of sulfonamides is 1. The Balaban J connectivity index is 1.54. The summed E-state index contributed by atoms with van der Waals surface area (Å²) in [6, 6.07) is 11.7. The van der Waals surface area contributed by atoms with Crippen LogP contribution < -0.4 is 14.4 Å². The molecule has 0 radical (unpaired) electrons. The number of amides is 1. The number of hydrogen-bond donors (Lipinski definition) is 1. The maximum Gasteiger partial charge on any atom is 0.416 e. The lowest BCUT2D eigenvalue weighted by molar-refractivity contribution is -0.138. The van der Waals surface area contributed by atoms with E-state index < -0.39 is 56.8 Å². The van der Waals surface area contributed by atoms with Crippen LogP contribution in [0.4, 0.5) is 23.2 Å². The van der Waals surface area contributed by atoms with Crippen molar-refractivity contribution in [1.82, 2.24) is 5.32 Å². The summed E-state index contributed by atoms with van der Waals surface area (Å²) >= 11 is 6.13. The molecule has 0 saturated heterocycles. The van der Waals surface area contributed by atoms with Gasteiger partial charge in [-0.25, -0.2) is 12.8 Å². The number of carbonyl (C=O) groups excluding carboxylic acids is 2. The molecule has 0 bridgehead atoms. The van der Waals surface area contributed by atoms with Gasteiger partial charge in [0.05, 0.1) is 34.3 Å². The van der Waals surface area contributed by atoms with E-state index in [1.807, 2.05) is 0 Å². The Morgan fingerprint density at radius 2 is 1.77 bits per heavy atom. The number of alkyl halides is 3. The second kappa shape index (κ2) is 10.4. The molecule has 2 aliphatic rings. The smallest absolute Gasteiger partial charge is 0.416 e. The normalized spacial score (nSPS) is 17.1. The van der Waals surface area contributed by atoms with Crippen LogP contribution in [-0.2, 0) is 25.8 Å². The highest BCUT2D eigenvalue weighted by molar-refractivity contribution is 7.92. The topological polar surface area (TPSA) is 92.8 Å². The number of hydrogen-bond acceptors (Lipinski definition) is 5. The molecule has 1 aliphatic heterocycles. The summed E-state index contributed by atoms with van der Waals surface area (Å²) in [6.45, 7) is -0.632. The van der Waals surface area contributed by atoms with E-state index in [-0.39, 0.29) is 34.5 Å². The van der Waals surface area contributed by atoms with Gasteiger partial charge in [-0.3, -0.25) is 13.9 Å².